The number of benzene rings is 2. The zero-order valence-electron chi connectivity index (χ0n) is 17.6. The smallest absolute Gasteiger partial charge is 0.169 e. The summed E-state index contributed by atoms with van der Waals surface area (Å²) >= 11 is 0. The zero-order valence-corrected chi connectivity index (χ0v) is 18.4. The van der Waals surface area contributed by atoms with Gasteiger partial charge < -0.3 is 24.1 Å². The molecular weight excluding hydrogens is 404 g/mol. The Bertz CT molecular complexity index is 900. The van der Waals surface area contributed by atoms with Crippen LogP contribution in [-0.4, -0.2) is 51.6 Å². The average molecular weight is 433 g/mol. The molecule has 7 heteroatoms. The summed E-state index contributed by atoms with van der Waals surface area (Å²) in [5.74, 6) is -0.146. The molecule has 0 amide bonds. The minimum absolute atomic E-state index is 0.202. The van der Waals surface area contributed by atoms with E-state index in [2.05, 4.69) is 0 Å². The third-order valence-electron chi connectivity index (χ3n) is 5.65. The first-order chi connectivity index (χ1) is 14.2. The highest BCUT2D eigenvalue weighted by atomic mass is 32.2. The van der Waals surface area contributed by atoms with E-state index in [-0.39, 0.29) is 12.5 Å². The molecule has 2 unspecified atom stereocenters. The van der Waals surface area contributed by atoms with Gasteiger partial charge in [0.05, 0.1) is 24.0 Å². The summed E-state index contributed by atoms with van der Waals surface area (Å²) in [5.41, 5.74) is -1.67. The van der Waals surface area contributed by atoms with Crippen molar-refractivity contribution >= 4 is 10.8 Å². The van der Waals surface area contributed by atoms with E-state index in [9.17, 15) is 9.32 Å². The van der Waals surface area contributed by atoms with E-state index in [1.807, 2.05) is 63.2 Å². The molecule has 6 nitrogen and oxygen atoms in total. The van der Waals surface area contributed by atoms with Crippen molar-refractivity contribution in [2.45, 2.75) is 67.2 Å². The van der Waals surface area contributed by atoms with Crippen molar-refractivity contribution in [1.29, 1.82) is 0 Å². The third kappa shape index (κ3) is 3.92. The Morgan fingerprint density at radius 1 is 1.07 bits per heavy atom. The molecule has 2 heterocycles. The normalized spacial score (nSPS) is 33.6. The Hall–Kier alpha value is -1.77. The number of hydrogen-bond acceptors (Lipinski definition) is 6. The minimum Gasteiger partial charge on any atom is -0.497 e. The lowest BCUT2D eigenvalue weighted by atomic mass is 9.83. The van der Waals surface area contributed by atoms with Crippen molar-refractivity contribution in [3.63, 3.8) is 0 Å². The highest BCUT2D eigenvalue weighted by Gasteiger charge is 2.63. The van der Waals surface area contributed by atoms with Gasteiger partial charge in [-0.05, 0) is 50.6 Å². The fraction of sp³-hybridized carbons (Fsp3) is 0.478. The second-order valence-electron chi connectivity index (χ2n) is 8.32. The van der Waals surface area contributed by atoms with Crippen LogP contribution in [0, 0.1) is 0 Å². The standard InChI is InChI=1S/C23H28O6S/c1-15-19-20(29-22(2,3)28-19)23(24,14-16-10-12-17(26-4)13-11-16)21(27-15)30(25)18-8-6-5-7-9-18/h5-13,15,19-21,24H,14H2,1-4H3/t15-,19+,20+,21?,23-,30?/m1/s1. The molecular formula is C23H28O6S. The summed E-state index contributed by atoms with van der Waals surface area (Å²) in [5, 5.41) is 12.0. The lowest BCUT2D eigenvalue weighted by Crippen LogP contribution is -2.66. The molecule has 2 aliphatic rings. The predicted octanol–water partition coefficient (Wildman–Crippen LogP) is 3.04. The maximum atomic E-state index is 13.5. The van der Waals surface area contributed by atoms with Gasteiger partial charge in [-0.15, -0.1) is 0 Å². The van der Waals surface area contributed by atoms with Gasteiger partial charge >= 0.3 is 0 Å². The van der Waals surface area contributed by atoms with Crippen molar-refractivity contribution < 1.29 is 28.3 Å². The second-order valence-corrected chi connectivity index (χ2v) is 9.81. The maximum Gasteiger partial charge on any atom is 0.169 e. The van der Waals surface area contributed by atoms with Gasteiger partial charge in [-0.1, -0.05) is 30.3 Å². The van der Waals surface area contributed by atoms with Gasteiger partial charge in [0.15, 0.2) is 11.2 Å². The van der Waals surface area contributed by atoms with E-state index in [4.69, 9.17) is 18.9 Å². The van der Waals surface area contributed by atoms with Gasteiger partial charge in [0, 0.05) is 11.3 Å². The largest absolute Gasteiger partial charge is 0.497 e. The molecule has 0 saturated carbocycles. The van der Waals surface area contributed by atoms with E-state index in [0.29, 0.717) is 4.90 Å². The molecule has 2 aliphatic heterocycles. The summed E-state index contributed by atoms with van der Waals surface area (Å²) in [6.45, 7) is 5.49. The average Bonchev–Trinajstić information content (AvgIpc) is 3.08. The van der Waals surface area contributed by atoms with Crippen molar-refractivity contribution in [3.05, 3.63) is 60.2 Å². The SMILES string of the molecule is COc1ccc(C[C@]2(O)C(S(=O)c3ccccc3)O[C@H](C)[C@@H]3OC(C)(C)O[C@@H]32)cc1. The van der Waals surface area contributed by atoms with E-state index < -0.39 is 39.8 Å². The Kier molecular flexibility index (Phi) is 5.76. The van der Waals surface area contributed by atoms with Crippen LogP contribution in [0.1, 0.15) is 26.3 Å². The quantitative estimate of drug-likeness (QED) is 0.783. The van der Waals surface area contributed by atoms with Crippen molar-refractivity contribution in [2.24, 2.45) is 0 Å². The summed E-state index contributed by atoms with van der Waals surface area (Å²) in [6.07, 6.45) is -1.33. The molecule has 0 aliphatic carbocycles. The van der Waals surface area contributed by atoms with Gasteiger partial charge in [0.2, 0.25) is 0 Å². The summed E-state index contributed by atoms with van der Waals surface area (Å²) in [7, 11) is -0.000865. The molecule has 0 aromatic heterocycles. The van der Waals surface area contributed by atoms with E-state index in [1.54, 1.807) is 19.2 Å². The van der Waals surface area contributed by atoms with E-state index in [0.717, 1.165) is 11.3 Å². The first kappa shape index (κ1) is 21.5. The first-order valence-electron chi connectivity index (χ1n) is 10.1. The predicted molar refractivity (Wildman–Crippen MR) is 113 cm³/mol. The summed E-state index contributed by atoms with van der Waals surface area (Å²) in [6, 6.07) is 16.5. The molecule has 30 heavy (non-hydrogen) atoms. The van der Waals surface area contributed by atoms with Crippen LogP contribution in [0.15, 0.2) is 59.5 Å². The topological polar surface area (TPSA) is 74.2 Å². The molecule has 1 N–H and O–H groups in total. The van der Waals surface area contributed by atoms with Crippen molar-refractivity contribution in [1.82, 2.24) is 0 Å². The molecule has 162 valence electrons. The monoisotopic (exact) mass is 432 g/mol. The van der Waals surface area contributed by atoms with Crippen LogP contribution in [0.5, 0.6) is 5.75 Å². The number of ether oxygens (including phenoxy) is 4. The lowest BCUT2D eigenvalue weighted by molar-refractivity contribution is -0.211. The molecule has 2 fully saturated rings. The number of rotatable bonds is 5. The maximum absolute atomic E-state index is 13.5. The highest BCUT2D eigenvalue weighted by Crippen LogP contribution is 2.45. The fourth-order valence-corrected chi connectivity index (χ4v) is 5.75. The van der Waals surface area contributed by atoms with Gasteiger partial charge in [-0.25, -0.2) is 0 Å². The van der Waals surface area contributed by atoms with Gasteiger partial charge in [-0.2, -0.15) is 0 Å². The van der Waals surface area contributed by atoms with Crippen molar-refractivity contribution in [2.75, 3.05) is 7.11 Å². The fourth-order valence-electron chi connectivity index (χ4n) is 4.21. The highest BCUT2D eigenvalue weighted by molar-refractivity contribution is 7.85. The number of aliphatic hydroxyl groups is 1. The molecule has 2 saturated heterocycles. The molecule has 4 rings (SSSR count). The summed E-state index contributed by atoms with van der Waals surface area (Å²) in [4.78, 5) is 0.597. The third-order valence-corrected chi connectivity index (χ3v) is 7.29. The lowest BCUT2D eigenvalue weighted by Gasteiger charge is -2.47. The zero-order chi connectivity index (χ0) is 21.5. The Labute approximate surface area is 179 Å². The molecule has 6 atom stereocenters. The number of methoxy groups -OCH3 is 1. The molecule has 0 radical (unpaired) electrons. The Morgan fingerprint density at radius 2 is 1.73 bits per heavy atom. The van der Waals surface area contributed by atoms with E-state index >= 15 is 0 Å². The van der Waals surface area contributed by atoms with Gasteiger partial charge in [0.25, 0.3) is 0 Å². The van der Waals surface area contributed by atoms with Crippen LogP contribution >= 0.6 is 0 Å². The van der Waals surface area contributed by atoms with Crippen LogP contribution < -0.4 is 4.74 Å². The van der Waals surface area contributed by atoms with Crippen LogP contribution in [0.2, 0.25) is 0 Å². The van der Waals surface area contributed by atoms with Crippen molar-refractivity contribution in [3.8, 4) is 5.75 Å². The van der Waals surface area contributed by atoms with Gasteiger partial charge in [-0.3, -0.25) is 4.21 Å². The minimum atomic E-state index is -1.61. The number of fused-ring (bicyclic) bond motifs is 1. The van der Waals surface area contributed by atoms with Gasteiger partial charge in [0.1, 0.15) is 23.6 Å². The Balaban J connectivity index is 1.73. The second kappa shape index (κ2) is 8.05. The summed E-state index contributed by atoms with van der Waals surface area (Å²) < 4.78 is 37.1. The molecule has 0 spiro atoms. The first-order valence-corrected chi connectivity index (χ1v) is 11.3. The van der Waals surface area contributed by atoms with Crippen LogP contribution in [0.4, 0.5) is 0 Å². The molecule has 2 aromatic carbocycles. The van der Waals surface area contributed by atoms with Crippen LogP contribution in [-0.2, 0) is 31.4 Å². The number of hydrogen-bond donors (Lipinski definition) is 1. The van der Waals surface area contributed by atoms with Crippen LogP contribution in [0.25, 0.3) is 0 Å². The molecule has 0 bridgehead atoms. The van der Waals surface area contributed by atoms with E-state index in [1.165, 1.54) is 0 Å². The molecule has 2 aromatic rings. The Morgan fingerprint density at radius 3 is 2.37 bits per heavy atom. The van der Waals surface area contributed by atoms with Crippen LogP contribution in [0.3, 0.4) is 0 Å².